The maximum absolute atomic E-state index is 5.81. The molecule has 0 saturated heterocycles. The second-order valence-electron chi connectivity index (χ2n) is 4.46. The monoisotopic (exact) mass is 269 g/mol. The van der Waals surface area contributed by atoms with Crippen LogP contribution in [0.4, 0.5) is 11.5 Å². The van der Waals surface area contributed by atoms with Gasteiger partial charge in [-0.05, 0) is 24.6 Å². The van der Waals surface area contributed by atoms with Crippen LogP contribution in [-0.2, 0) is 6.42 Å². The second-order valence-corrected chi connectivity index (χ2v) is 4.46. The highest BCUT2D eigenvalue weighted by Gasteiger charge is 2.03. The van der Waals surface area contributed by atoms with Gasteiger partial charge in [-0.2, -0.15) is 5.10 Å². The van der Waals surface area contributed by atoms with Crippen LogP contribution in [0.2, 0.25) is 0 Å². The maximum Gasteiger partial charge on any atom is 0.137 e. The molecule has 2 aromatic heterocycles. The van der Waals surface area contributed by atoms with Gasteiger partial charge >= 0.3 is 0 Å². The topological polar surface area (TPSA) is 105 Å². The average molecular weight is 269 g/mol. The van der Waals surface area contributed by atoms with Crippen molar-refractivity contribution in [1.82, 2.24) is 25.1 Å². The summed E-state index contributed by atoms with van der Waals surface area (Å²) in [6.07, 6.45) is 4.85. The third kappa shape index (κ3) is 2.66. The Hall–Kier alpha value is -2.70. The van der Waals surface area contributed by atoms with Gasteiger partial charge in [-0.1, -0.05) is 0 Å². The third-order valence-electron chi connectivity index (χ3n) is 3.01. The molecule has 0 aliphatic heterocycles. The fourth-order valence-corrected chi connectivity index (χ4v) is 2.03. The molecule has 3 rings (SSSR count). The molecule has 1 aromatic carbocycles. The molecule has 7 heteroatoms. The maximum atomic E-state index is 5.81. The number of aromatic nitrogens is 5. The van der Waals surface area contributed by atoms with Gasteiger partial charge in [0.25, 0.3) is 0 Å². The number of H-pyrrole nitrogens is 1. The summed E-state index contributed by atoms with van der Waals surface area (Å²) in [4.78, 5) is 12.6. The first kappa shape index (κ1) is 12.3. The molecule has 20 heavy (non-hydrogen) atoms. The van der Waals surface area contributed by atoms with E-state index >= 15 is 0 Å². The van der Waals surface area contributed by atoms with Crippen LogP contribution in [-0.4, -0.2) is 31.7 Å². The molecule has 0 aliphatic rings. The number of aryl methyl sites for hydroxylation is 1. The lowest BCUT2D eigenvalue weighted by Gasteiger charge is -2.08. The summed E-state index contributed by atoms with van der Waals surface area (Å²) in [5.74, 6) is 1.70. The fourth-order valence-electron chi connectivity index (χ4n) is 2.03. The van der Waals surface area contributed by atoms with Crippen molar-refractivity contribution in [2.24, 2.45) is 0 Å². The molecule has 0 amide bonds. The number of benzene rings is 1. The number of nitrogens with zero attached hydrogens (tertiary/aromatic N) is 4. The fraction of sp³-hybridized carbons (Fsp3) is 0.231. The molecule has 0 aliphatic carbocycles. The van der Waals surface area contributed by atoms with E-state index in [0.717, 1.165) is 41.9 Å². The molecular formula is C13H15N7. The minimum atomic E-state index is 0.706. The van der Waals surface area contributed by atoms with Crippen LogP contribution in [0.5, 0.6) is 0 Å². The Bertz CT molecular complexity index is 693. The van der Waals surface area contributed by atoms with Crippen LogP contribution >= 0.6 is 0 Å². The standard InChI is InChI=1S/C13H15N7/c14-9-3-4-11-10(6-9)13(18-7-16-11)15-5-1-2-12-17-8-19-20-12/h3-4,6-8H,1-2,5,14H2,(H,15,16,18)(H,17,19,20). The van der Waals surface area contributed by atoms with Gasteiger partial charge in [-0.25, -0.2) is 15.0 Å². The molecule has 2 heterocycles. The smallest absolute Gasteiger partial charge is 0.137 e. The predicted octanol–water partition coefficient (Wildman–Crippen LogP) is 1.37. The van der Waals surface area contributed by atoms with Crippen molar-refractivity contribution < 1.29 is 0 Å². The number of aromatic amines is 1. The number of fused-ring (bicyclic) bond motifs is 1. The Kier molecular flexibility index (Phi) is 3.40. The third-order valence-corrected chi connectivity index (χ3v) is 3.01. The SMILES string of the molecule is Nc1ccc2ncnc(NCCCc3ncn[nH]3)c2c1. The van der Waals surface area contributed by atoms with Gasteiger partial charge < -0.3 is 11.1 Å². The molecule has 0 saturated carbocycles. The van der Waals surface area contributed by atoms with Crippen molar-refractivity contribution in [2.75, 3.05) is 17.6 Å². The molecule has 4 N–H and O–H groups in total. The summed E-state index contributed by atoms with van der Waals surface area (Å²) < 4.78 is 0. The zero-order valence-corrected chi connectivity index (χ0v) is 10.9. The number of hydrogen-bond donors (Lipinski definition) is 3. The number of nitrogen functional groups attached to an aromatic ring is 1. The van der Waals surface area contributed by atoms with E-state index in [1.807, 2.05) is 18.2 Å². The molecule has 0 atom stereocenters. The Morgan fingerprint density at radius 2 is 2.10 bits per heavy atom. The summed E-state index contributed by atoms with van der Waals surface area (Å²) in [6.45, 7) is 0.793. The Balaban J connectivity index is 1.66. The van der Waals surface area contributed by atoms with Crippen molar-refractivity contribution in [1.29, 1.82) is 0 Å². The van der Waals surface area contributed by atoms with Crippen LogP contribution in [0, 0.1) is 0 Å². The van der Waals surface area contributed by atoms with Crippen LogP contribution in [0.25, 0.3) is 10.9 Å². The van der Waals surface area contributed by atoms with E-state index < -0.39 is 0 Å². The summed E-state index contributed by atoms with van der Waals surface area (Å²) in [6, 6.07) is 5.61. The lowest BCUT2D eigenvalue weighted by molar-refractivity contribution is 0.804. The predicted molar refractivity (Wildman–Crippen MR) is 77.1 cm³/mol. The highest BCUT2D eigenvalue weighted by molar-refractivity contribution is 5.91. The van der Waals surface area contributed by atoms with E-state index in [-0.39, 0.29) is 0 Å². The zero-order chi connectivity index (χ0) is 13.8. The van der Waals surface area contributed by atoms with Gasteiger partial charge in [-0.15, -0.1) is 0 Å². The molecule has 0 radical (unpaired) electrons. The molecule has 102 valence electrons. The first-order valence-electron chi connectivity index (χ1n) is 6.41. The van der Waals surface area contributed by atoms with Gasteiger partial charge in [0.05, 0.1) is 5.52 Å². The first-order valence-corrected chi connectivity index (χ1v) is 6.41. The van der Waals surface area contributed by atoms with Gasteiger partial charge in [0.1, 0.15) is 24.3 Å². The van der Waals surface area contributed by atoms with Gasteiger partial charge in [0, 0.05) is 24.0 Å². The average Bonchev–Trinajstić information content (AvgIpc) is 2.97. The number of anilines is 2. The van der Waals surface area contributed by atoms with Gasteiger partial charge in [0.15, 0.2) is 0 Å². The van der Waals surface area contributed by atoms with Crippen molar-refractivity contribution in [2.45, 2.75) is 12.8 Å². The quantitative estimate of drug-likeness (QED) is 0.477. The molecule has 3 aromatic rings. The lowest BCUT2D eigenvalue weighted by Crippen LogP contribution is -2.06. The van der Waals surface area contributed by atoms with E-state index in [0.29, 0.717) is 5.69 Å². The highest BCUT2D eigenvalue weighted by atomic mass is 15.2. The van der Waals surface area contributed by atoms with Crippen LogP contribution in [0.1, 0.15) is 12.2 Å². The van der Waals surface area contributed by atoms with Crippen LogP contribution in [0.15, 0.2) is 30.9 Å². The lowest BCUT2D eigenvalue weighted by atomic mass is 10.2. The summed E-state index contributed by atoms with van der Waals surface area (Å²) >= 11 is 0. The van der Waals surface area contributed by atoms with Gasteiger partial charge in [-0.3, -0.25) is 5.10 Å². The number of rotatable bonds is 5. The zero-order valence-electron chi connectivity index (χ0n) is 10.9. The normalized spacial score (nSPS) is 10.8. The highest BCUT2D eigenvalue weighted by Crippen LogP contribution is 2.21. The van der Waals surface area contributed by atoms with Crippen molar-refractivity contribution in [3.8, 4) is 0 Å². The minimum absolute atomic E-state index is 0.706. The van der Waals surface area contributed by atoms with E-state index in [1.165, 1.54) is 6.33 Å². The van der Waals surface area contributed by atoms with E-state index in [4.69, 9.17) is 5.73 Å². The van der Waals surface area contributed by atoms with E-state index in [1.54, 1.807) is 6.33 Å². The van der Waals surface area contributed by atoms with E-state index in [9.17, 15) is 0 Å². The summed E-state index contributed by atoms with van der Waals surface area (Å²) in [5.41, 5.74) is 7.40. The number of nitrogens with two attached hydrogens (primary N) is 1. The Morgan fingerprint density at radius 3 is 2.95 bits per heavy atom. The second kappa shape index (κ2) is 5.52. The Labute approximate surface area is 115 Å². The largest absolute Gasteiger partial charge is 0.399 e. The molecular weight excluding hydrogens is 254 g/mol. The molecule has 0 unspecified atom stereocenters. The van der Waals surface area contributed by atoms with Crippen LogP contribution in [0.3, 0.4) is 0 Å². The van der Waals surface area contributed by atoms with Crippen LogP contribution < -0.4 is 11.1 Å². The molecule has 7 nitrogen and oxygen atoms in total. The van der Waals surface area contributed by atoms with Crippen molar-refractivity contribution >= 4 is 22.4 Å². The molecule has 0 bridgehead atoms. The van der Waals surface area contributed by atoms with Crippen molar-refractivity contribution in [3.05, 3.63) is 36.7 Å². The minimum Gasteiger partial charge on any atom is -0.399 e. The summed E-state index contributed by atoms with van der Waals surface area (Å²) in [5, 5.41) is 10.9. The molecule has 0 spiro atoms. The van der Waals surface area contributed by atoms with E-state index in [2.05, 4.69) is 30.5 Å². The summed E-state index contributed by atoms with van der Waals surface area (Å²) in [7, 11) is 0. The first-order chi connectivity index (χ1) is 9.83. The molecule has 0 fully saturated rings. The number of nitrogens with one attached hydrogen (secondary N) is 2. The number of hydrogen-bond acceptors (Lipinski definition) is 6. The van der Waals surface area contributed by atoms with Gasteiger partial charge in [0.2, 0.25) is 0 Å². The Morgan fingerprint density at radius 1 is 1.15 bits per heavy atom. The van der Waals surface area contributed by atoms with Crippen molar-refractivity contribution in [3.63, 3.8) is 0 Å².